The standard InChI is InChI=1S/C47H100NO3Si/c1-7-9-11-13-15-17-19-21-23-25-27-29-31-33-35-37-39-41-44-48(3,46-43-47-52(49-4,50-5)51-6)45-42-40-38-36-34-32-30-28-26-24-22-20-18-16-14-12-10-8-2/h7-47H2,1-6H3/q+1. The zero-order valence-corrected chi connectivity index (χ0v) is 38.2. The summed E-state index contributed by atoms with van der Waals surface area (Å²) in [6, 6.07) is 0.919. The summed E-state index contributed by atoms with van der Waals surface area (Å²) in [5.74, 6) is 0. The molecule has 0 bridgehead atoms. The normalized spacial score (nSPS) is 12.3. The molecule has 52 heavy (non-hydrogen) atoms. The van der Waals surface area contributed by atoms with Crippen LogP contribution in [0.5, 0.6) is 0 Å². The van der Waals surface area contributed by atoms with Crippen molar-refractivity contribution < 1.29 is 17.8 Å². The van der Waals surface area contributed by atoms with Crippen molar-refractivity contribution in [2.45, 2.75) is 257 Å². The minimum absolute atomic E-state index is 0.919. The molecule has 0 aliphatic carbocycles. The van der Waals surface area contributed by atoms with Crippen LogP contribution in [0, 0.1) is 0 Å². The second-order valence-corrected chi connectivity index (χ2v) is 20.3. The molecular formula is C47H100NO3Si+. The van der Waals surface area contributed by atoms with Crippen LogP contribution in [-0.2, 0) is 13.3 Å². The molecule has 0 saturated carbocycles. The Morgan fingerprint density at radius 2 is 0.481 bits per heavy atom. The highest BCUT2D eigenvalue weighted by molar-refractivity contribution is 6.60. The molecule has 4 nitrogen and oxygen atoms in total. The van der Waals surface area contributed by atoms with Crippen molar-refractivity contribution in [1.82, 2.24) is 0 Å². The lowest BCUT2D eigenvalue weighted by molar-refractivity contribution is -0.910. The maximum atomic E-state index is 5.74. The predicted molar refractivity (Wildman–Crippen MR) is 235 cm³/mol. The molecule has 0 spiro atoms. The zero-order chi connectivity index (χ0) is 38.1. The van der Waals surface area contributed by atoms with E-state index in [0.29, 0.717) is 0 Å². The molecule has 0 aromatic rings. The number of hydrogen-bond donors (Lipinski definition) is 0. The topological polar surface area (TPSA) is 27.7 Å². The van der Waals surface area contributed by atoms with Crippen molar-refractivity contribution in [1.29, 1.82) is 0 Å². The van der Waals surface area contributed by atoms with E-state index in [1.54, 1.807) is 21.3 Å². The highest BCUT2D eigenvalue weighted by Crippen LogP contribution is 2.21. The molecule has 0 fully saturated rings. The van der Waals surface area contributed by atoms with Crippen LogP contribution in [0.15, 0.2) is 0 Å². The molecule has 314 valence electrons. The van der Waals surface area contributed by atoms with Gasteiger partial charge in [0.15, 0.2) is 0 Å². The third kappa shape index (κ3) is 34.5. The van der Waals surface area contributed by atoms with Gasteiger partial charge < -0.3 is 17.8 Å². The Kier molecular flexibility index (Phi) is 40.8. The average molecular weight is 755 g/mol. The van der Waals surface area contributed by atoms with Gasteiger partial charge >= 0.3 is 8.80 Å². The number of hydrogen-bond acceptors (Lipinski definition) is 3. The maximum Gasteiger partial charge on any atom is 0.500 e. The SMILES string of the molecule is CCCCCCCCCCCCCCCCCCCC[N+](C)(CCCCCCCCCCCCCCCCCCCC)CCC[Si](OC)(OC)OC. The number of rotatable bonds is 45. The number of nitrogens with zero attached hydrogens (tertiary/aromatic N) is 1. The molecule has 0 aromatic heterocycles. The summed E-state index contributed by atoms with van der Waals surface area (Å²) in [5, 5.41) is 0. The van der Waals surface area contributed by atoms with Crippen molar-refractivity contribution in [2.75, 3.05) is 48.0 Å². The molecule has 0 aliphatic heterocycles. The smallest absolute Gasteiger partial charge is 0.377 e. The number of quaternary nitrogens is 1. The van der Waals surface area contributed by atoms with Crippen LogP contribution < -0.4 is 0 Å². The fourth-order valence-electron chi connectivity index (χ4n) is 8.36. The van der Waals surface area contributed by atoms with E-state index < -0.39 is 8.80 Å². The van der Waals surface area contributed by atoms with Crippen molar-refractivity contribution >= 4 is 8.80 Å². The Bertz CT molecular complexity index is 625. The summed E-state index contributed by atoms with van der Waals surface area (Å²) in [7, 11) is 5.30. The van der Waals surface area contributed by atoms with E-state index in [-0.39, 0.29) is 0 Å². The first-order chi connectivity index (χ1) is 25.5. The summed E-state index contributed by atoms with van der Waals surface area (Å²) in [4.78, 5) is 0. The quantitative estimate of drug-likeness (QED) is 0.0352. The Morgan fingerprint density at radius 3 is 0.692 bits per heavy atom. The first-order valence-corrected chi connectivity index (χ1v) is 25.9. The third-order valence-corrected chi connectivity index (χ3v) is 15.0. The van der Waals surface area contributed by atoms with Gasteiger partial charge in [0.05, 0.1) is 26.7 Å². The lowest BCUT2D eigenvalue weighted by atomic mass is 10.0. The van der Waals surface area contributed by atoms with Gasteiger partial charge in [0.2, 0.25) is 0 Å². The van der Waals surface area contributed by atoms with Gasteiger partial charge in [-0.15, -0.1) is 0 Å². The van der Waals surface area contributed by atoms with E-state index in [1.165, 1.54) is 255 Å². The van der Waals surface area contributed by atoms with Crippen LogP contribution in [0.1, 0.15) is 251 Å². The molecular weight excluding hydrogens is 655 g/mol. The van der Waals surface area contributed by atoms with Crippen LogP contribution in [0.3, 0.4) is 0 Å². The minimum atomic E-state index is -2.49. The Balaban J connectivity index is 4.03. The lowest BCUT2D eigenvalue weighted by Gasteiger charge is -2.36. The second-order valence-electron chi connectivity index (χ2n) is 17.2. The third-order valence-electron chi connectivity index (χ3n) is 12.2. The molecule has 0 amide bonds. The number of unbranched alkanes of at least 4 members (excludes halogenated alkanes) is 34. The summed E-state index contributed by atoms with van der Waals surface area (Å²) >= 11 is 0. The molecule has 0 N–H and O–H groups in total. The Morgan fingerprint density at radius 1 is 0.288 bits per heavy atom. The molecule has 0 unspecified atom stereocenters. The van der Waals surface area contributed by atoms with Crippen LogP contribution in [0.25, 0.3) is 0 Å². The first kappa shape index (κ1) is 52.1. The fourth-order valence-corrected chi connectivity index (χ4v) is 10.1. The fraction of sp³-hybridized carbons (Fsp3) is 1.00. The Labute approximate surface area is 331 Å². The van der Waals surface area contributed by atoms with E-state index in [2.05, 4.69) is 20.9 Å². The van der Waals surface area contributed by atoms with E-state index in [0.717, 1.165) is 12.5 Å². The maximum absolute atomic E-state index is 5.74. The molecule has 0 aromatic carbocycles. The molecule has 0 radical (unpaired) electrons. The molecule has 0 heterocycles. The van der Waals surface area contributed by atoms with E-state index in [1.807, 2.05) is 0 Å². The average Bonchev–Trinajstić information content (AvgIpc) is 3.16. The van der Waals surface area contributed by atoms with E-state index >= 15 is 0 Å². The van der Waals surface area contributed by atoms with Gasteiger partial charge in [0, 0.05) is 33.8 Å². The van der Waals surface area contributed by atoms with Gasteiger partial charge in [-0.05, 0) is 25.7 Å². The van der Waals surface area contributed by atoms with Crippen molar-refractivity contribution in [3.63, 3.8) is 0 Å². The molecule has 0 saturated heterocycles. The molecule has 5 heteroatoms. The summed E-state index contributed by atoms with van der Waals surface area (Å²) in [5.41, 5.74) is 0. The van der Waals surface area contributed by atoms with Crippen LogP contribution in [-0.4, -0.2) is 61.3 Å². The summed E-state index contributed by atoms with van der Waals surface area (Å²) in [6.45, 7) is 8.47. The summed E-state index contributed by atoms with van der Waals surface area (Å²) < 4.78 is 18.4. The van der Waals surface area contributed by atoms with Gasteiger partial charge in [-0.3, -0.25) is 0 Å². The highest BCUT2D eigenvalue weighted by Gasteiger charge is 2.38. The summed E-state index contributed by atoms with van der Waals surface area (Å²) in [6.07, 6.45) is 53.1. The predicted octanol–water partition coefficient (Wildman–Crippen LogP) is 15.8. The van der Waals surface area contributed by atoms with Crippen LogP contribution >= 0.6 is 0 Å². The van der Waals surface area contributed by atoms with Crippen molar-refractivity contribution in [3.8, 4) is 0 Å². The highest BCUT2D eigenvalue weighted by atomic mass is 28.4. The lowest BCUT2D eigenvalue weighted by Crippen LogP contribution is -2.48. The molecule has 0 rings (SSSR count). The van der Waals surface area contributed by atoms with Gasteiger partial charge in [-0.25, -0.2) is 0 Å². The second kappa shape index (κ2) is 40.7. The van der Waals surface area contributed by atoms with Crippen molar-refractivity contribution in [3.05, 3.63) is 0 Å². The van der Waals surface area contributed by atoms with Gasteiger partial charge in [-0.1, -0.05) is 219 Å². The molecule has 0 atom stereocenters. The Hall–Kier alpha value is 0.0569. The monoisotopic (exact) mass is 755 g/mol. The zero-order valence-electron chi connectivity index (χ0n) is 37.2. The van der Waals surface area contributed by atoms with Crippen LogP contribution in [0.2, 0.25) is 6.04 Å². The van der Waals surface area contributed by atoms with Gasteiger partial charge in [0.1, 0.15) is 0 Å². The van der Waals surface area contributed by atoms with Crippen LogP contribution in [0.4, 0.5) is 0 Å². The minimum Gasteiger partial charge on any atom is -0.377 e. The van der Waals surface area contributed by atoms with Crippen molar-refractivity contribution in [2.24, 2.45) is 0 Å². The molecule has 0 aliphatic rings. The van der Waals surface area contributed by atoms with Gasteiger partial charge in [-0.2, -0.15) is 0 Å². The first-order valence-electron chi connectivity index (χ1n) is 24.0. The van der Waals surface area contributed by atoms with E-state index in [9.17, 15) is 0 Å². The van der Waals surface area contributed by atoms with E-state index in [4.69, 9.17) is 13.3 Å². The van der Waals surface area contributed by atoms with Gasteiger partial charge in [0.25, 0.3) is 0 Å². The largest absolute Gasteiger partial charge is 0.500 e.